The summed E-state index contributed by atoms with van der Waals surface area (Å²) in [6.45, 7) is 32.5. The van der Waals surface area contributed by atoms with E-state index in [1.165, 1.54) is 34.7 Å². The van der Waals surface area contributed by atoms with Gasteiger partial charge in [-0.1, -0.05) is 148 Å². The molecular formula is C70H86N3+3. The van der Waals surface area contributed by atoms with Gasteiger partial charge < -0.3 is 0 Å². The number of pyridine rings is 3. The molecule has 73 heavy (non-hydrogen) atoms. The summed E-state index contributed by atoms with van der Waals surface area (Å²) in [5.74, 6) is -1.77. The second-order valence-corrected chi connectivity index (χ2v) is 23.4. The third kappa shape index (κ3) is 11.5. The van der Waals surface area contributed by atoms with Crippen molar-refractivity contribution >= 4 is 32.3 Å². The normalized spacial score (nSPS) is 15.2. The van der Waals surface area contributed by atoms with Crippen molar-refractivity contribution in [1.82, 2.24) is 0 Å². The van der Waals surface area contributed by atoms with Crippen LogP contribution in [0.2, 0.25) is 0 Å². The molecular weight excluding hydrogens is 883 g/mol. The average molecular weight is 981 g/mol. The maximum atomic E-state index is 8.63. The van der Waals surface area contributed by atoms with Crippen LogP contribution in [0.1, 0.15) is 158 Å². The molecule has 9 aromatic rings. The summed E-state index contributed by atoms with van der Waals surface area (Å²) < 4.78 is 96.8. The van der Waals surface area contributed by atoms with Gasteiger partial charge in [-0.15, -0.1) is 0 Å². The Bertz CT molecular complexity index is 3940. The van der Waals surface area contributed by atoms with Gasteiger partial charge in [-0.25, -0.2) is 9.13 Å². The summed E-state index contributed by atoms with van der Waals surface area (Å²) >= 11 is 0. The summed E-state index contributed by atoms with van der Waals surface area (Å²) in [6, 6.07) is 31.8. The van der Waals surface area contributed by atoms with Gasteiger partial charge in [0.05, 0.1) is 34.1 Å². The van der Waals surface area contributed by atoms with Crippen LogP contribution in [-0.2, 0) is 37.4 Å². The highest BCUT2D eigenvalue weighted by atomic mass is 14.9. The van der Waals surface area contributed by atoms with Crippen LogP contribution in [0, 0.1) is 48.5 Å². The maximum Gasteiger partial charge on any atom is 0.220 e. The Morgan fingerprint density at radius 2 is 0.945 bits per heavy atom. The van der Waals surface area contributed by atoms with E-state index in [1.807, 2.05) is 69.1 Å². The van der Waals surface area contributed by atoms with E-state index in [9.17, 15) is 0 Å². The highest BCUT2D eigenvalue weighted by Gasteiger charge is 2.25. The van der Waals surface area contributed by atoms with Crippen LogP contribution in [0.4, 0.5) is 0 Å². The van der Waals surface area contributed by atoms with Crippen LogP contribution < -0.4 is 13.7 Å². The molecule has 378 valence electrons. The van der Waals surface area contributed by atoms with Gasteiger partial charge in [0, 0.05) is 36.1 Å². The minimum atomic E-state index is -2.48. The van der Waals surface area contributed by atoms with Crippen LogP contribution in [0.25, 0.3) is 66.1 Å². The molecule has 1 atom stereocenters. The molecule has 0 bridgehead atoms. The number of fused-ring (bicyclic) bond motifs is 3. The highest BCUT2D eigenvalue weighted by molar-refractivity contribution is 5.96. The molecule has 3 heterocycles. The number of nitrogens with zero attached hydrogens (tertiary/aromatic N) is 3. The van der Waals surface area contributed by atoms with Crippen LogP contribution >= 0.6 is 0 Å². The minimum absolute atomic E-state index is 0.0108. The summed E-state index contributed by atoms with van der Waals surface area (Å²) in [6.07, 6.45) is 0.336. The fourth-order valence-corrected chi connectivity index (χ4v) is 9.64. The minimum Gasteiger partial charge on any atom is -0.200 e. The Balaban J connectivity index is 0.000000182. The van der Waals surface area contributed by atoms with Crippen molar-refractivity contribution in [2.75, 3.05) is 0 Å². The fraction of sp³-hybridized carbons (Fsp3) is 0.357. The topological polar surface area (TPSA) is 11.6 Å². The van der Waals surface area contributed by atoms with Gasteiger partial charge in [0.15, 0.2) is 18.0 Å². The number of aryl methyl sites for hydroxylation is 3. The molecule has 3 nitrogen and oxygen atoms in total. The molecule has 0 aliphatic rings. The van der Waals surface area contributed by atoms with E-state index in [0.29, 0.717) is 35.1 Å². The number of hydrogen-bond acceptors (Lipinski definition) is 0. The highest BCUT2D eigenvalue weighted by Crippen LogP contribution is 2.37. The molecule has 9 rings (SSSR count). The van der Waals surface area contributed by atoms with Crippen LogP contribution in [0.15, 0.2) is 134 Å². The zero-order chi connectivity index (χ0) is 63.2. The smallest absolute Gasteiger partial charge is 0.200 e. The predicted molar refractivity (Wildman–Crippen MR) is 315 cm³/mol. The van der Waals surface area contributed by atoms with E-state index >= 15 is 0 Å². The van der Waals surface area contributed by atoms with Gasteiger partial charge in [-0.05, 0) is 166 Å². The van der Waals surface area contributed by atoms with E-state index in [2.05, 4.69) is 138 Å². The van der Waals surface area contributed by atoms with Crippen molar-refractivity contribution in [3.05, 3.63) is 195 Å². The first-order chi connectivity index (χ1) is 38.5. The number of rotatable bonds is 4. The van der Waals surface area contributed by atoms with Gasteiger partial charge in [0.1, 0.15) is 23.9 Å². The lowest BCUT2D eigenvalue weighted by molar-refractivity contribution is -0.665. The van der Waals surface area contributed by atoms with E-state index in [-0.39, 0.29) is 34.6 Å². The van der Waals surface area contributed by atoms with Crippen molar-refractivity contribution in [3.8, 4) is 33.8 Å². The van der Waals surface area contributed by atoms with E-state index in [1.54, 1.807) is 29.8 Å². The monoisotopic (exact) mass is 980 g/mol. The molecule has 0 spiro atoms. The van der Waals surface area contributed by atoms with Gasteiger partial charge in [-0.3, -0.25) is 0 Å². The molecule has 0 saturated heterocycles. The van der Waals surface area contributed by atoms with Crippen LogP contribution in [0.5, 0.6) is 0 Å². The number of aromatic nitrogens is 3. The summed E-state index contributed by atoms with van der Waals surface area (Å²) in [5, 5.41) is 5.33. The molecule has 3 aromatic heterocycles. The SMILES string of the molecule is [2H]c1c([2H])[n+](C)c(-c2cc(C([2H])(C)C([2H])([2H])[2H])cc(C)c2C)c2ccc(C(C)(C)C)cc12.[2H]c1c([2H])[n+](C)c(-c2cc(C)cc(C)c2C)c2ccc(C(C)(C)C)cc12.[2H]c1cc([2H])c(C)c(-c2c3ccc(C(C)(C)C)cc3c([2H])c(C)[n+]2C)c1. The van der Waals surface area contributed by atoms with Gasteiger partial charge in [0.25, 0.3) is 0 Å². The number of hydrogen-bond donors (Lipinski definition) is 0. The Labute approximate surface area is 456 Å². The molecule has 0 fully saturated rings. The standard InChI is InChI=1S/C25H32N.C23H28N.C22H26N/c1-16(2)20-13-17(3)18(4)23(15-20)24-22-10-9-21(25(5,6)7)14-19(22)11-12-26(24)8;1-15-12-16(2)17(3)21(13-15)22-20-9-8-19(23(4,5)6)14-18(20)10-11-24(22)7;1-15-9-7-8-10-19(15)21-20-12-11-18(22(3,4)5)14-17(20)13-16(2)23(21)6/h9-16H,1-8H3;8-14H,1-7H3;7-14H,1-6H3/q3*+1/i1D3,11D,12D,16D;10D,11D;8D,9D,13D. The van der Waals surface area contributed by atoms with Gasteiger partial charge in [0.2, 0.25) is 17.1 Å². The molecule has 0 amide bonds. The lowest BCUT2D eigenvalue weighted by Crippen LogP contribution is -2.35. The van der Waals surface area contributed by atoms with Crippen LogP contribution in [-0.4, -0.2) is 0 Å². The first-order valence-corrected chi connectivity index (χ1v) is 25.6. The zero-order valence-electron chi connectivity index (χ0n) is 58.5. The lowest BCUT2D eigenvalue weighted by Gasteiger charge is -2.20. The van der Waals surface area contributed by atoms with Crippen molar-refractivity contribution < 1.29 is 28.8 Å². The molecule has 3 heteroatoms. The van der Waals surface area contributed by atoms with Gasteiger partial charge in [-0.2, -0.15) is 4.57 Å². The Morgan fingerprint density at radius 1 is 0.493 bits per heavy atom. The largest absolute Gasteiger partial charge is 0.220 e. The fourth-order valence-electron chi connectivity index (χ4n) is 9.64. The molecule has 6 aromatic carbocycles. The summed E-state index contributed by atoms with van der Waals surface area (Å²) in [4.78, 5) is 0. The molecule has 0 saturated carbocycles. The maximum absolute atomic E-state index is 8.63. The summed E-state index contributed by atoms with van der Waals surface area (Å²) in [7, 11) is 5.61. The van der Waals surface area contributed by atoms with Crippen molar-refractivity contribution in [2.24, 2.45) is 21.1 Å². The second kappa shape index (κ2) is 20.8. The van der Waals surface area contributed by atoms with E-state index in [0.717, 1.165) is 88.7 Å². The third-order valence-corrected chi connectivity index (χ3v) is 14.6. The number of benzene rings is 6. The Hall–Kier alpha value is -6.45. The van der Waals surface area contributed by atoms with Crippen molar-refractivity contribution in [3.63, 3.8) is 0 Å². The molecule has 0 aliphatic heterocycles. The summed E-state index contributed by atoms with van der Waals surface area (Å²) in [5.41, 5.74) is 16.6. The molecule has 0 aliphatic carbocycles. The predicted octanol–water partition coefficient (Wildman–Crippen LogP) is 17.2. The Kier molecular flexibility index (Phi) is 11.7. The van der Waals surface area contributed by atoms with Gasteiger partial charge >= 0.3 is 0 Å². The van der Waals surface area contributed by atoms with E-state index in [4.69, 9.17) is 15.1 Å². The molecule has 1 unspecified atom stereocenters. The molecule has 0 radical (unpaired) electrons. The third-order valence-electron chi connectivity index (χ3n) is 14.6. The zero-order valence-corrected chi connectivity index (χ0v) is 47.5. The lowest BCUT2D eigenvalue weighted by atomic mass is 9.85. The average Bonchev–Trinajstić information content (AvgIpc) is 0.945. The first kappa shape index (κ1) is 41.0. The quantitative estimate of drug-likeness (QED) is 0.156. The van der Waals surface area contributed by atoms with E-state index < -0.39 is 12.7 Å². The molecule has 0 N–H and O–H groups in total. The van der Waals surface area contributed by atoms with Crippen LogP contribution in [0.3, 0.4) is 0 Å². The van der Waals surface area contributed by atoms with Crippen molar-refractivity contribution in [2.45, 2.75) is 147 Å². The first-order valence-electron chi connectivity index (χ1n) is 31.1. The second-order valence-electron chi connectivity index (χ2n) is 23.4. The Morgan fingerprint density at radius 3 is 1.42 bits per heavy atom. The van der Waals surface area contributed by atoms with Crippen molar-refractivity contribution in [1.29, 1.82) is 0 Å².